The lowest BCUT2D eigenvalue weighted by Gasteiger charge is -2.20. The molecule has 0 aromatic heterocycles. The number of methoxy groups -OCH3 is 2. The van der Waals surface area contributed by atoms with Gasteiger partial charge in [0.2, 0.25) is 0 Å². The molecule has 3 atom stereocenters. The Morgan fingerprint density at radius 2 is 1.94 bits per heavy atom. The molecule has 0 spiro atoms. The molecule has 176 valence electrons. The summed E-state index contributed by atoms with van der Waals surface area (Å²) in [6.07, 6.45) is 3.90. The number of carbonyl (C=O) groups is 2. The largest absolute Gasteiger partial charge is 0.497 e. The van der Waals surface area contributed by atoms with Crippen molar-refractivity contribution < 1.29 is 38.0 Å². The van der Waals surface area contributed by atoms with Crippen molar-refractivity contribution in [1.82, 2.24) is 0 Å². The number of hydrogen-bond donors (Lipinski definition) is 0. The normalized spacial score (nSPS) is 27.0. The number of ketones is 1. The van der Waals surface area contributed by atoms with E-state index in [1.807, 2.05) is 6.07 Å². The van der Waals surface area contributed by atoms with Gasteiger partial charge in [-0.05, 0) is 57.7 Å². The third-order valence-electron chi connectivity index (χ3n) is 5.39. The average molecular weight is 449 g/mol. The average Bonchev–Trinajstić information content (AvgIpc) is 3.05. The molecule has 0 N–H and O–H groups in total. The molecule has 0 bridgehead atoms. The van der Waals surface area contributed by atoms with Crippen LogP contribution in [0.1, 0.15) is 56.0 Å². The van der Waals surface area contributed by atoms with Crippen LogP contribution < -0.4 is 9.47 Å². The van der Waals surface area contributed by atoms with Crippen LogP contribution in [0.25, 0.3) is 0 Å². The summed E-state index contributed by atoms with van der Waals surface area (Å²) in [6, 6.07) is 3.46. The van der Waals surface area contributed by atoms with Crippen LogP contribution in [0.2, 0.25) is 0 Å². The van der Waals surface area contributed by atoms with Crippen LogP contribution >= 0.6 is 0 Å². The van der Waals surface area contributed by atoms with E-state index in [0.717, 1.165) is 5.56 Å². The predicted octanol–water partition coefficient (Wildman–Crippen LogP) is 3.60. The van der Waals surface area contributed by atoms with E-state index in [1.165, 1.54) is 13.2 Å². The van der Waals surface area contributed by atoms with Crippen molar-refractivity contribution in [3.8, 4) is 11.5 Å². The fourth-order valence-electron chi connectivity index (χ4n) is 3.97. The summed E-state index contributed by atoms with van der Waals surface area (Å²) in [5.41, 5.74) is 1.09. The molecule has 0 amide bonds. The minimum atomic E-state index is -0.832. The van der Waals surface area contributed by atoms with Crippen molar-refractivity contribution in [3.63, 3.8) is 0 Å². The van der Waals surface area contributed by atoms with Gasteiger partial charge < -0.3 is 28.4 Å². The van der Waals surface area contributed by atoms with Crippen LogP contribution in [-0.2, 0) is 30.2 Å². The van der Waals surface area contributed by atoms with Gasteiger partial charge in [0.25, 0.3) is 0 Å². The SMILES string of the molecule is COCOc1cc(OC)cc2c1C(=O)O[C@@H](C)C/C=C\C(=O)[C@H]1OC(C)(C)O[C@H]1CCC2. The lowest BCUT2D eigenvalue weighted by atomic mass is 9.97. The minimum absolute atomic E-state index is 0.0166. The number of cyclic esters (lactones) is 1. The van der Waals surface area contributed by atoms with E-state index < -0.39 is 24.0 Å². The first kappa shape index (κ1) is 24.2. The summed E-state index contributed by atoms with van der Waals surface area (Å²) in [5, 5.41) is 0. The maximum Gasteiger partial charge on any atom is 0.342 e. The fourth-order valence-corrected chi connectivity index (χ4v) is 3.97. The molecule has 8 heteroatoms. The van der Waals surface area contributed by atoms with Gasteiger partial charge >= 0.3 is 5.97 Å². The topological polar surface area (TPSA) is 89.5 Å². The monoisotopic (exact) mass is 448 g/mol. The molecule has 8 nitrogen and oxygen atoms in total. The Morgan fingerprint density at radius 1 is 1.16 bits per heavy atom. The first-order valence-electron chi connectivity index (χ1n) is 10.8. The number of rotatable bonds is 4. The maximum absolute atomic E-state index is 13.1. The third-order valence-corrected chi connectivity index (χ3v) is 5.39. The van der Waals surface area contributed by atoms with Gasteiger partial charge in [-0.15, -0.1) is 0 Å². The highest BCUT2D eigenvalue weighted by Crippen LogP contribution is 2.34. The van der Waals surface area contributed by atoms with Crippen molar-refractivity contribution in [2.24, 2.45) is 0 Å². The van der Waals surface area contributed by atoms with Crippen LogP contribution in [0.5, 0.6) is 11.5 Å². The van der Waals surface area contributed by atoms with Crippen LogP contribution in [0.3, 0.4) is 0 Å². The van der Waals surface area contributed by atoms with E-state index in [9.17, 15) is 9.59 Å². The highest BCUT2D eigenvalue weighted by atomic mass is 16.8. The van der Waals surface area contributed by atoms with Crippen LogP contribution in [0, 0.1) is 0 Å². The van der Waals surface area contributed by atoms with Gasteiger partial charge in [-0.25, -0.2) is 4.79 Å². The molecule has 32 heavy (non-hydrogen) atoms. The van der Waals surface area contributed by atoms with Gasteiger partial charge in [0.1, 0.15) is 29.3 Å². The number of aryl methyl sites for hydroxylation is 1. The Balaban J connectivity index is 1.96. The molecule has 0 aliphatic carbocycles. The smallest absolute Gasteiger partial charge is 0.342 e. The highest BCUT2D eigenvalue weighted by molar-refractivity contribution is 5.95. The number of fused-ring (bicyclic) bond motifs is 2. The molecule has 2 aliphatic heterocycles. The number of benzene rings is 1. The zero-order valence-corrected chi connectivity index (χ0v) is 19.3. The van der Waals surface area contributed by atoms with Gasteiger partial charge in [-0.1, -0.05) is 6.08 Å². The van der Waals surface area contributed by atoms with Crippen molar-refractivity contribution in [2.45, 2.75) is 70.6 Å². The molecular formula is C24H32O8. The number of ether oxygens (including phenoxy) is 6. The molecule has 1 saturated heterocycles. The predicted molar refractivity (Wildman–Crippen MR) is 116 cm³/mol. The van der Waals surface area contributed by atoms with Crippen molar-refractivity contribution in [2.75, 3.05) is 21.0 Å². The number of esters is 1. The Labute approximate surface area is 188 Å². The minimum Gasteiger partial charge on any atom is -0.497 e. The Morgan fingerprint density at radius 3 is 2.66 bits per heavy atom. The molecule has 2 aliphatic rings. The second kappa shape index (κ2) is 10.5. The van der Waals surface area contributed by atoms with Gasteiger partial charge in [0.05, 0.1) is 13.2 Å². The fraction of sp³-hybridized carbons (Fsp3) is 0.583. The second-order valence-electron chi connectivity index (χ2n) is 8.45. The van der Waals surface area contributed by atoms with Crippen molar-refractivity contribution in [1.29, 1.82) is 0 Å². The number of hydrogen-bond acceptors (Lipinski definition) is 8. The van der Waals surface area contributed by atoms with E-state index in [1.54, 1.807) is 40.0 Å². The zero-order valence-electron chi connectivity index (χ0n) is 19.3. The Hall–Kier alpha value is -2.42. The second-order valence-corrected chi connectivity index (χ2v) is 8.45. The van der Waals surface area contributed by atoms with E-state index in [0.29, 0.717) is 42.7 Å². The van der Waals surface area contributed by atoms with Gasteiger partial charge in [-0.3, -0.25) is 4.79 Å². The third kappa shape index (κ3) is 5.88. The summed E-state index contributed by atoms with van der Waals surface area (Å²) in [5.74, 6) is -0.558. The van der Waals surface area contributed by atoms with Crippen LogP contribution in [0.15, 0.2) is 24.3 Å². The standard InChI is InChI=1S/C24H32O8/c1-15-8-6-10-18(25)22-19(31-24(2,3)32-22)11-7-9-16-12-17(28-5)13-20(29-14-27-4)21(16)23(26)30-15/h6,10,12-13,15,19,22H,7-9,11,14H2,1-5H3/b10-6-/t15-,19-,22+/m0/s1. The summed E-state index contributed by atoms with van der Waals surface area (Å²) < 4.78 is 33.6. The molecule has 3 rings (SSSR count). The van der Waals surface area contributed by atoms with Crippen LogP contribution in [-0.4, -0.2) is 56.9 Å². The van der Waals surface area contributed by atoms with Crippen LogP contribution in [0.4, 0.5) is 0 Å². The summed E-state index contributed by atoms with van der Waals surface area (Å²) in [7, 11) is 3.06. The molecule has 0 unspecified atom stereocenters. The highest BCUT2D eigenvalue weighted by Gasteiger charge is 2.43. The molecule has 0 saturated carbocycles. The van der Waals surface area contributed by atoms with Gasteiger partial charge in [0, 0.05) is 19.6 Å². The molecule has 0 radical (unpaired) electrons. The summed E-state index contributed by atoms with van der Waals surface area (Å²) in [4.78, 5) is 25.8. The van der Waals surface area contributed by atoms with Gasteiger partial charge in [-0.2, -0.15) is 0 Å². The summed E-state index contributed by atoms with van der Waals surface area (Å²) in [6.45, 7) is 5.37. The van der Waals surface area contributed by atoms with E-state index in [-0.39, 0.29) is 18.7 Å². The molecule has 2 heterocycles. The maximum atomic E-state index is 13.1. The summed E-state index contributed by atoms with van der Waals surface area (Å²) >= 11 is 0. The molecule has 1 aromatic carbocycles. The quantitative estimate of drug-likeness (QED) is 0.510. The van der Waals surface area contributed by atoms with E-state index >= 15 is 0 Å². The van der Waals surface area contributed by atoms with Crippen molar-refractivity contribution in [3.05, 3.63) is 35.4 Å². The lowest BCUT2D eigenvalue weighted by molar-refractivity contribution is -0.153. The Bertz CT molecular complexity index is 860. The first-order valence-corrected chi connectivity index (χ1v) is 10.8. The zero-order chi connectivity index (χ0) is 23.3. The lowest BCUT2D eigenvalue weighted by Crippen LogP contribution is -2.30. The molecule has 1 fully saturated rings. The van der Waals surface area contributed by atoms with Crippen molar-refractivity contribution >= 4 is 11.8 Å². The Kier molecular flexibility index (Phi) is 7.92. The molecule has 1 aromatic rings. The number of carbonyl (C=O) groups excluding carboxylic acids is 2. The van der Waals surface area contributed by atoms with Gasteiger partial charge in [0.15, 0.2) is 18.4 Å². The molecular weight excluding hydrogens is 416 g/mol. The van der Waals surface area contributed by atoms with E-state index in [2.05, 4.69) is 0 Å². The first-order chi connectivity index (χ1) is 15.2. The van der Waals surface area contributed by atoms with E-state index in [4.69, 9.17) is 28.4 Å².